The number of amides is 1. The van der Waals surface area contributed by atoms with E-state index in [1.165, 1.54) is 11.3 Å². The number of benzene rings is 1. The Labute approximate surface area is 129 Å². The SMILES string of the molecule is CCC(C)(CCO)NC(=O)c1sc2c(C)cccc2c1N. The molecule has 2 rings (SSSR count). The van der Waals surface area contributed by atoms with Gasteiger partial charge in [0.15, 0.2) is 0 Å². The summed E-state index contributed by atoms with van der Waals surface area (Å²) in [4.78, 5) is 13.1. The second kappa shape index (κ2) is 6.03. The van der Waals surface area contributed by atoms with Crippen LogP contribution in [0.1, 0.15) is 41.9 Å². The van der Waals surface area contributed by atoms with E-state index >= 15 is 0 Å². The highest BCUT2D eigenvalue weighted by Gasteiger charge is 2.26. The first kappa shape index (κ1) is 15.8. The van der Waals surface area contributed by atoms with E-state index in [0.717, 1.165) is 22.1 Å². The summed E-state index contributed by atoms with van der Waals surface area (Å²) in [6, 6.07) is 5.91. The van der Waals surface area contributed by atoms with Crippen molar-refractivity contribution < 1.29 is 9.90 Å². The lowest BCUT2D eigenvalue weighted by atomic mass is 9.95. The molecule has 2 aromatic rings. The zero-order valence-electron chi connectivity index (χ0n) is 12.7. The molecule has 1 atom stereocenters. The monoisotopic (exact) mass is 306 g/mol. The number of carbonyl (C=O) groups is 1. The number of rotatable bonds is 5. The van der Waals surface area contributed by atoms with Gasteiger partial charge in [-0.15, -0.1) is 11.3 Å². The third-order valence-electron chi connectivity index (χ3n) is 4.02. The summed E-state index contributed by atoms with van der Waals surface area (Å²) >= 11 is 1.43. The molecule has 0 saturated carbocycles. The molecule has 21 heavy (non-hydrogen) atoms. The fourth-order valence-electron chi connectivity index (χ4n) is 2.35. The Balaban J connectivity index is 2.36. The van der Waals surface area contributed by atoms with Gasteiger partial charge in [-0.3, -0.25) is 4.79 Å². The smallest absolute Gasteiger partial charge is 0.263 e. The zero-order valence-corrected chi connectivity index (χ0v) is 13.5. The first-order chi connectivity index (χ1) is 9.91. The molecule has 0 radical (unpaired) electrons. The molecule has 0 aliphatic rings. The third kappa shape index (κ3) is 3.04. The average Bonchev–Trinajstić information content (AvgIpc) is 2.78. The lowest BCUT2D eigenvalue weighted by molar-refractivity contribution is 0.0891. The lowest BCUT2D eigenvalue weighted by Gasteiger charge is -2.28. The molecule has 1 aromatic carbocycles. The molecule has 4 N–H and O–H groups in total. The van der Waals surface area contributed by atoms with E-state index in [0.29, 0.717) is 17.0 Å². The van der Waals surface area contributed by atoms with Crippen molar-refractivity contribution in [1.29, 1.82) is 0 Å². The minimum absolute atomic E-state index is 0.0472. The predicted octanol–water partition coefficient (Wildman–Crippen LogP) is 3.07. The van der Waals surface area contributed by atoms with Crippen molar-refractivity contribution in [2.75, 3.05) is 12.3 Å². The Hall–Kier alpha value is -1.59. The van der Waals surface area contributed by atoms with Gasteiger partial charge in [-0.2, -0.15) is 0 Å². The van der Waals surface area contributed by atoms with Crippen molar-refractivity contribution in [1.82, 2.24) is 5.32 Å². The molecule has 0 aliphatic carbocycles. The van der Waals surface area contributed by atoms with Crippen LogP contribution in [0, 0.1) is 6.92 Å². The van der Waals surface area contributed by atoms with Gasteiger partial charge in [0.2, 0.25) is 0 Å². The summed E-state index contributed by atoms with van der Waals surface area (Å²) in [6.07, 6.45) is 1.28. The fourth-order valence-corrected chi connectivity index (χ4v) is 3.44. The average molecular weight is 306 g/mol. The molecule has 114 valence electrons. The number of anilines is 1. The minimum atomic E-state index is -0.413. The van der Waals surface area contributed by atoms with Gasteiger partial charge in [0.05, 0.1) is 5.69 Å². The molecule has 0 aliphatic heterocycles. The van der Waals surface area contributed by atoms with E-state index in [-0.39, 0.29) is 12.5 Å². The van der Waals surface area contributed by atoms with E-state index < -0.39 is 5.54 Å². The second-order valence-corrected chi connectivity index (χ2v) is 6.66. The Bertz CT molecular complexity index is 666. The predicted molar refractivity (Wildman–Crippen MR) is 88.8 cm³/mol. The molecule has 1 heterocycles. The molecule has 0 spiro atoms. The normalized spacial score (nSPS) is 14.1. The Morgan fingerprint density at radius 2 is 2.19 bits per heavy atom. The topological polar surface area (TPSA) is 75.3 Å². The first-order valence-corrected chi connectivity index (χ1v) is 7.94. The number of aliphatic hydroxyl groups excluding tert-OH is 1. The minimum Gasteiger partial charge on any atom is -0.397 e. The van der Waals surface area contributed by atoms with Crippen molar-refractivity contribution >= 4 is 33.0 Å². The number of aliphatic hydroxyl groups is 1. The van der Waals surface area contributed by atoms with Crippen LogP contribution in [0.3, 0.4) is 0 Å². The zero-order chi connectivity index (χ0) is 15.6. The van der Waals surface area contributed by atoms with Gasteiger partial charge in [0.1, 0.15) is 4.88 Å². The highest BCUT2D eigenvalue weighted by Crippen LogP contribution is 2.35. The van der Waals surface area contributed by atoms with Crippen LogP contribution < -0.4 is 11.1 Å². The van der Waals surface area contributed by atoms with Gasteiger partial charge in [-0.05, 0) is 32.3 Å². The number of hydrogen-bond acceptors (Lipinski definition) is 4. The summed E-state index contributed by atoms with van der Waals surface area (Å²) in [7, 11) is 0. The van der Waals surface area contributed by atoms with Gasteiger partial charge in [-0.25, -0.2) is 0 Å². The van der Waals surface area contributed by atoms with Crippen molar-refractivity contribution in [3.8, 4) is 0 Å². The van der Waals surface area contributed by atoms with Crippen LogP contribution in [0.4, 0.5) is 5.69 Å². The van der Waals surface area contributed by atoms with Crippen molar-refractivity contribution in [3.63, 3.8) is 0 Å². The number of hydrogen-bond donors (Lipinski definition) is 3. The van der Waals surface area contributed by atoms with Crippen molar-refractivity contribution in [2.24, 2.45) is 0 Å². The van der Waals surface area contributed by atoms with E-state index in [1.807, 2.05) is 39.0 Å². The Morgan fingerprint density at radius 1 is 1.48 bits per heavy atom. The molecule has 0 bridgehead atoms. The maximum Gasteiger partial charge on any atom is 0.263 e. The maximum atomic E-state index is 12.5. The maximum absolute atomic E-state index is 12.5. The molecule has 5 heteroatoms. The number of nitrogens with two attached hydrogens (primary N) is 1. The summed E-state index contributed by atoms with van der Waals surface area (Å²) in [5, 5.41) is 13.1. The van der Waals surface area contributed by atoms with E-state index in [9.17, 15) is 4.79 Å². The molecular formula is C16H22N2O2S. The van der Waals surface area contributed by atoms with E-state index in [1.54, 1.807) is 0 Å². The second-order valence-electron chi connectivity index (χ2n) is 5.64. The van der Waals surface area contributed by atoms with Gasteiger partial charge in [0, 0.05) is 22.2 Å². The molecule has 4 nitrogen and oxygen atoms in total. The van der Waals surface area contributed by atoms with Crippen LogP contribution in [0.5, 0.6) is 0 Å². The molecule has 1 amide bonds. The highest BCUT2D eigenvalue weighted by molar-refractivity contribution is 7.21. The summed E-state index contributed by atoms with van der Waals surface area (Å²) in [6.45, 7) is 6.00. The van der Waals surface area contributed by atoms with Crippen LogP contribution in [-0.4, -0.2) is 23.2 Å². The molecule has 1 aromatic heterocycles. The number of thiophene rings is 1. The number of nitrogens with one attached hydrogen (secondary N) is 1. The summed E-state index contributed by atoms with van der Waals surface area (Å²) < 4.78 is 1.06. The molecule has 0 fully saturated rings. The summed E-state index contributed by atoms with van der Waals surface area (Å²) in [5.41, 5.74) is 7.39. The molecule has 0 saturated heterocycles. The molecular weight excluding hydrogens is 284 g/mol. The van der Waals surface area contributed by atoms with E-state index in [2.05, 4.69) is 5.32 Å². The Kier molecular flexibility index (Phi) is 4.54. The number of nitrogen functional groups attached to an aromatic ring is 1. The standard InChI is InChI=1S/C16H22N2O2S/c1-4-16(3,8-9-19)18-15(20)14-12(17)11-7-5-6-10(2)13(11)21-14/h5-7,19H,4,8-9,17H2,1-3H3,(H,18,20). The highest BCUT2D eigenvalue weighted by atomic mass is 32.1. The van der Waals surface area contributed by atoms with Crippen molar-refractivity contribution in [2.45, 2.75) is 39.2 Å². The van der Waals surface area contributed by atoms with E-state index in [4.69, 9.17) is 10.8 Å². The van der Waals surface area contributed by atoms with Gasteiger partial charge in [0.25, 0.3) is 5.91 Å². The third-order valence-corrected chi connectivity index (χ3v) is 5.37. The van der Waals surface area contributed by atoms with Gasteiger partial charge < -0.3 is 16.2 Å². The Morgan fingerprint density at radius 3 is 2.76 bits per heavy atom. The van der Waals surface area contributed by atoms with Crippen LogP contribution in [0.2, 0.25) is 0 Å². The number of fused-ring (bicyclic) bond motifs is 1. The largest absolute Gasteiger partial charge is 0.397 e. The first-order valence-electron chi connectivity index (χ1n) is 7.13. The van der Waals surface area contributed by atoms with Crippen LogP contribution in [-0.2, 0) is 0 Å². The lowest BCUT2D eigenvalue weighted by Crippen LogP contribution is -2.46. The van der Waals surface area contributed by atoms with Gasteiger partial charge in [-0.1, -0.05) is 25.1 Å². The summed E-state index contributed by atoms with van der Waals surface area (Å²) in [5.74, 6) is -0.161. The number of carbonyl (C=O) groups excluding carboxylic acids is 1. The fraction of sp³-hybridized carbons (Fsp3) is 0.438. The number of aryl methyl sites for hydroxylation is 1. The quantitative estimate of drug-likeness (QED) is 0.794. The van der Waals surface area contributed by atoms with Crippen LogP contribution >= 0.6 is 11.3 Å². The van der Waals surface area contributed by atoms with Crippen LogP contribution in [0.15, 0.2) is 18.2 Å². The van der Waals surface area contributed by atoms with Crippen LogP contribution in [0.25, 0.3) is 10.1 Å². The van der Waals surface area contributed by atoms with Crippen molar-refractivity contribution in [3.05, 3.63) is 28.6 Å². The van der Waals surface area contributed by atoms with Gasteiger partial charge >= 0.3 is 0 Å². The molecule has 1 unspecified atom stereocenters.